The van der Waals surface area contributed by atoms with Gasteiger partial charge in [-0.15, -0.1) is 6.42 Å². The molecule has 5 aliphatic rings. The fourth-order valence-electron chi connectivity index (χ4n) is 7.57. The molecule has 10 heteroatoms. The molecule has 0 spiro atoms. The molecule has 8 rings (SSSR count). The predicted octanol–water partition coefficient (Wildman–Crippen LogP) is 3.91. The minimum atomic E-state index is -2.64. The van der Waals surface area contributed by atoms with Gasteiger partial charge in [0.2, 0.25) is 0 Å². The molecule has 2 bridgehead atoms. The summed E-state index contributed by atoms with van der Waals surface area (Å²) in [6.07, 6.45) is 5.13. The Morgan fingerprint density at radius 1 is 1.23 bits per heavy atom. The zero-order valence-corrected chi connectivity index (χ0v) is 23.7. The minimum Gasteiger partial charge on any atom is -0.508 e. The number of halogens is 2. The lowest BCUT2D eigenvalue weighted by atomic mass is 9.95. The molecule has 0 radical (unpaired) electrons. The Morgan fingerprint density at radius 2 is 2.07 bits per heavy atom. The van der Waals surface area contributed by atoms with Crippen LogP contribution in [0.2, 0.25) is 0 Å². The van der Waals surface area contributed by atoms with Gasteiger partial charge >= 0.3 is 6.01 Å². The van der Waals surface area contributed by atoms with Gasteiger partial charge in [0.15, 0.2) is 0 Å². The number of hydrogen-bond donors (Lipinski definition) is 2. The fraction of sp³-hybridized carbons (Fsp3) is 0.515. The van der Waals surface area contributed by atoms with Gasteiger partial charge in [-0.2, -0.15) is 9.97 Å². The molecular formula is C33H36F2N6O2. The van der Waals surface area contributed by atoms with E-state index < -0.39 is 43.5 Å². The second-order valence-electron chi connectivity index (χ2n) is 12.3. The number of aromatic hydroxyl groups is 1. The highest BCUT2D eigenvalue weighted by Gasteiger charge is 2.49. The fourth-order valence-corrected chi connectivity index (χ4v) is 7.57. The van der Waals surface area contributed by atoms with Crippen molar-refractivity contribution in [1.82, 2.24) is 20.2 Å². The lowest BCUT2D eigenvalue weighted by Gasteiger charge is -2.38. The average molecular weight is 592 g/mol. The van der Waals surface area contributed by atoms with Crippen molar-refractivity contribution >= 4 is 22.3 Å². The molecule has 0 unspecified atom stereocenters. The van der Waals surface area contributed by atoms with Crippen LogP contribution < -0.4 is 19.9 Å². The van der Waals surface area contributed by atoms with Crippen molar-refractivity contribution in [3.63, 3.8) is 0 Å². The first-order valence-corrected chi connectivity index (χ1v) is 14.9. The van der Waals surface area contributed by atoms with Crippen LogP contribution in [0.4, 0.5) is 20.3 Å². The molecule has 2 N–H and O–H groups in total. The molecule has 2 aromatic carbocycles. The van der Waals surface area contributed by atoms with E-state index in [0.29, 0.717) is 54.0 Å². The zero-order chi connectivity index (χ0) is 33.8. The maximum absolute atomic E-state index is 15.2. The quantitative estimate of drug-likeness (QED) is 0.433. The molecule has 0 amide bonds. The van der Waals surface area contributed by atoms with Crippen molar-refractivity contribution in [3.8, 4) is 24.1 Å². The third-order valence-electron chi connectivity index (χ3n) is 9.56. The number of anilines is 2. The summed E-state index contributed by atoms with van der Waals surface area (Å²) in [5, 5.41) is 15.3. The Morgan fingerprint density at radius 3 is 2.88 bits per heavy atom. The molecule has 0 aliphatic carbocycles. The SMILES string of the molecule is [2H]C1([2H])CC[C@@]2(C([2H])([2H])Oc3nc4c(c(N5C[C@H]6CC[C@@H](C5)N6)n3)CCN(c3cc(O)cc5ccc(F)c(C#C)c35)C4)C[C@@]([2H])(F)CN12. The van der Waals surface area contributed by atoms with Crippen LogP contribution in [0.5, 0.6) is 11.8 Å². The number of aromatic nitrogens is 2. The Kier molecular flexibility index (Phi) is 5.20. The second kappa shape index (κ2) is 10.2. The number of nitrogens with one attached hydrogen (secondary N) is 1. The lowest BCUT2D eigenvalue weighted by Crippen LogP contribution is -2.52. The highest BCUT2D eigenvalue weighted by molar-refractivity contribution is 6.00. The zero-order valence-electron chi connectivity index (χ0n) is 28.7. The van der Waals surface area contributed by atoms with Gasteiger partial charge in [0, 0.05) is 70.1 Å². The van der Waals surface area contributed by atoms with Crippen LogP contribution in [-0.4, -0.2) is 83.0 Å². The molecule has 224 valence electrons. The van der Waals surface area contributed by atoms with E-state index in [1.807, 2.05) is 4.90 Å². The molecular weight excluding hydrogens is 550 g/mol. The first-order valence-electron chi connectivity index (χ1n) is 17.4. The van der Waals surface area contributed by atoms with Crippen LogP contribution in [0.25, 0.3) is 10.8 Å². The van der Waals surface area contributed by atoms with E-state index in [0.717, 1.165) is 23.3 Å². The maximum Gasteiger partial charge on any atom is 0.318 e. The van der Waals surface area contributed by atoms with Gasteiger partial charge in [0.25, 0.3) is 0 Å². The number of terminal acetylenes is 1. The number of ether oxygens (including phenoxy) is 1. The summed E-state index contributed by atoms with van der Waals surface area (Å²) in [5.74, 6) is 2.53. The van der Waals surface area contributed by atoms with E-state index in [1.165, 1.54) is 12.1 Å². The minimum absolute atomic E-state index is 0.00936. The summed E-state index contributed by atoms with van der Waals surface area (Å²) in [7, 11) is 0. The summed E-state index contributed by atoms with van der Waals surface area (Å²) < 4.78 is 79.3. The molecule has 43 heavy (non-hydrogen) atoms. The van der Waals surface area contributed by atoms with Gasteiger partial charge in [-0.05, 0) is 56.1 Å². The van der Waals surface area contributed by atoms with Crippen molar-refractivity contribution in [1.29, 1.82) is 0 Å². The Labute approximate surface area is 257 Å². The highest BCUT2D eigenvalue weighted by Crippen LogP contribution is 2.42. The molecule has 4 saturated heterocycles. The monoisotopic (exact) mass is 591 g/mol. The van der Waals surface area contributed by atoms with Crippen molar-refractivity contribution in [2.45, 2.75) is 68.8 Å². The van der Waals surface area contributed by atoms with Crippen LogP contribution >= 0.6 is 0 Å². The van der Waals surface area contributed by atoms with Crippen molar-refractivity contribution in [2.75, 3.05) is 49.0 Å². The van der Waals surface area contributed by atoms with Gasteiger partial charge in [-0.1, -0.05) is 12.0 Å². The number of piperazine rings is 1. The van der Waals surface area contributed by atoms with Gasteiger partial charge < -0.3 is 25.0 Å². The molecule has 5 aliphatic heterocycles. The van der Waals surface area contributed by atoms with E-state index in [-0.39, 0.29) is 48.8 Å². The number of hydrogen-bond acceptors (Lipinski definition) is 8. The smallest absolute Gasteiger partial charge is 0.318 e. The average Bonchev–Trinajstić information content (AvgIpc) is 3.62. The standard InChI is InChI=1S/C33H36F2N6O2/c1-2-25-27(35)7-4-20-12-24(42)13-29(30(20)25)39-11-8-26-28(18-39)37-32(38-31(26)40-16-22-5-6-23(17-40)36-22)43-19-33-9-3-10-41(33)15-21(34)14-33/h1,4,7,12-13,21-23,36,42H,3,5-6,8-11,14-19H2/t21-,22-,23+,33+/m1/s1/i10D2,19D2,21D. The predicted molar refractivity (Wildman–Crippen MR) is 161 cm³/mol. The number of phenolic OH excluding ortho intramolecular Hbond substituents is 1. The first kappa shape index (κ1) is 21.9. The number of alkyl halides is 1. The normalized spacial score (nSPS) is 33.2. The lowest BCUT2D eigenvalue weighted by molar-refractivity contribution is 0.107. The molecule has 3 aromatic rings. The summed E-state index contributed by atoms with van der Waals surface area (Å²) in [6.45, 7) is -3.16. The molecule has 6 heterocycles. The van der Waals surface area contributed by atoms with Crippen molar-refractivity contribution < 1.29 is 25.5 Å². The van der Waals surface area contributed by atoms with E-state index in [2.05, 4.69) is 16.1 Å². The van der Waals surface area contributed by atoms with E-state index >= 15 is 4.39 Å². The molecule has 1 aromatic heterocycles. The van der Waals surface area contributed by atoms with Crippen LogP contribution in [0, 0.1) is 18.2 Å². The number of benzene rings is 2. The summed E-state index contributed by atoms with van der Waals surface area (Å²) in [5.41, 5.74) is 0.314. The molecule has 4 atom stereocenters. The Hall–Kier alpha value is -3.68. The maximum atomic E-state index is 15.2. The van der Waals surface area contributed by atoms with Gasteiger partial charge in [0.1, 0.15) is 30.1 Å². The topological polar surface area (TPSA) is 77.0 Å². The largest absolute Gasteiger partial charge is 0.508 e. The van der Waals surface area contributed by atoms with Gasteiger partial charge in [-0.3, -0.25) is 4.90 Å². The molecule has 0 saturated carbocycles. The van der Waals surface area contributed by atoms with Crippen LogP contribution in [-0.2, 0) is 13.0 Å². The van der Waals surface area contributed by atoms with Crippen LogP contribution in [0.3, 0.4) is 0 Å². The highest BCUT2D eigenvalue weighted by atomic mass is 19.1. The third-order valence-corrected chi connectivity index (χ3v) is 9.56. The Balaban J connectivity index is 1.21. The van der Waals surface area contributed by atoms with Crippen molar-refractivity contribution in [3.05, 3.63) is 46.9 Å². The third kappa shape index (κ3) is 4.56. The number of phenols is 1. The summed E-state index contributed by atoms with van der Waals surface area (Å²) in [4.78, 5) is 14.7. The molecule has 4 fully saturated rings. The molecule has 8 nitrogen and oxygen atoms in total. The van der Waals surface area contributed by atoms with Gasteiger partial charge in [-0.25, -0.2) is 8.78 Å². The summed E-state index contributed by atoms with van der Waals surface area (Å²) in [6, 6.07) is 6.22. The number of fused-ring (bicyclic) bond motifs is 5. The van der Waals surface area contributed by atoms with E-state index in [9.17, 15) is 9.50 Å². The van der Waals surface area contributed by atoms with Crippen LogP contribution in [0.15, 0.2) is 24.3 Å². The van der Waals surface area contributed by atoms with E-state index in [4.69, 9.17) is 28.0 Å². The number of rotatable bonds is 5. The summed E-state index contributed by atoms with van der Waals surface area (Å²) >= 11 is 0. The number of nitrogens with zero attached hydrogens (tertiary/aromatic N) is 5. The van der Waals surface area contributed by atoms with E-state index in [1.54, 1.807) is 12.1 Å². The Bertz CT molecular complexity index is 1860. The van der Waals surface area contributed by atoms with Gasteiger partial charge in [0.05, 0.1) is 27.5 Å². The first-order chi connectivity index (χ1) is 22.7. The van der Waals surface area contributed by atoms with Crippen LogP contribution in [0.1, 0.15) is 55.8 Å². The van der Waals surface area contributed by atoms with Crippen molar-refractivity contribution in [2.24, 2.45) is 0 Å². The second-order valence-corrected chi connectivity index (χ2v) is 12.3.